The first kappa shape index (κ1) is 15.1. The van der Waals surface area contributed by atoms with Crippen molar-refractivity contribution in [2.45, 2.75) is 32.4 Å². The molecule has 5 heteroatoms. The maximum atomic E-state index is 13.6. The Labute approximate surface area is 115 Å². The molecule has 0 aromatic heterocycles. The van der Waals surface area contributed by atoms with Gasteiger partial charge in [0.25, 0.3) is 0 Å². The van der Waals surface area contributed by atoms with E-state index in [1.807, 2.05) is 6.92 Å². The van der Waals surface area contributed by atoms with E-state index in [0.717, 1.165) is 10.9 Å². The van der Waals surface area contributed by atoms with Crippen molar-refractivity contribution in [2.24, 2.45) is 5.73 Å². The van der Waals surface area contributed by atoms with Crippen LogP contribution in [0.2, 0.25) is 0 Å². The number of amides is 1. The molecule has 1 rings (SSSR count). The highest BCUT2D eigenvalue weighted by Crippen LogP contribution is 2.17. The highest BCUT2D eigenvalue weighted by Gasteiger charge is 2.18. The second-order valence-electron chi connectivity index (χ2n) is 4.33. The van der Waals surface area contributed by atoms with Gasteiger partial charge in [-0.2, -0.15) is 0 Å². The summed E-state index contributed by atoms with van der Waals surface area (Å²) in [6.45, 7) is 2.20. The molecule has 0 aliphatic heterocycles. The zero-order valence-corrected chi connectivity index (χ0v) is 12.2. The molecule has 1 amide bonds. The lowest BCUT2D eigenvalue weighted by atomic mass is 10.1. The number of hydrogen-bond donors (Lipinski definition) is 1. The van der Waals surface area contributed by atoms with Crippen molar-refractivity contribution in [1.82, 2.24) is 4.90 Å². The second-order valence-corrected chi connectivity index (χ2v) is 5.24. The Kier molecular flexibility index (Phi) is 5.75. The number of benzene rings is 1. The number of carbonyl (C=O) groups is 1. The lowest BCUT2D eigenvalue weighted by Crippen LogP contribution is -2.41. The molecule has 100 valence electrons. The third-order valence-corrected chi connectivity index (χ3v) is 3.20. The van der Waals surface area contributed by atoms with Crippen LogP contribution in [-0.2, 0) is 11.3 Å². The Morgan fingerprint density at radius 2 is 2.22 bits per heavy atom. The molecule has 0 aliphatic carbocycles. The highest BCUT2D eigenvalue weighted by atomic mass is 79.9. The predicted molar refractivity (Wildman–Crippen MR) is 73.5 cm³/mol. The van der Waals surface area contributed by atoms with Crippen LogP contribution in [0.5, 0.6) is 0 Å². The number of hydrogen-bond acceptors (Lipinski definition) is 2. The van der Waals surface area contributed by atoms with Gasteiger partial charge in [0.2, 0.25) is 5.91 Å². The maximum Gasteiger partial charge on any atom is 0.239 e. The molecule has 0 saturated carbocycles. The van der Waals surface area contributed by atoms with Gasteiger partial charge in [0.05, 0.1) is 6.04 Å². The summed E-state index contributed by atoms with van der Waals surface area (Å²) in [4.78, 5) is 13.4. The molecule has 3 nitrogen and oxygen atoms in total. The molecular weight excluding hydrogens is 299 g/mol. The molecule has 0 heterocycles. The average molecular weight is 317 g/mol. The molecule has 1 aromatic carbocycles. The molecule has 1 aromatic rings. The van der Waals surface area contributed by atoms with Crippen molar-refractivity contribution in [3.05, 3.63) is 34.1 Å². The fraction of sp³-hybridized carbons (Fsp3) is 0.462. The topological polar surface area (TPSA) is 46.3 Å². The average Bonchev–Trinajstić information content (AvgIpc) is 2.33. The minimum Gasteiger partial charge on any atom is -0.340 e. The number of nitrogens with two attached hydrogens (primary N) is 1. The third kappa shape index (κ3) is 4.07. The van der Waals surface area contributed by atoms with Crippen LogP contribution in [0.15, 0.2) is 22.7 Å². The number of likely N-dealkylation sites (N-methyl/N-ethyl adjacent to an activating group) is 1. The van der Waals surface area contributed by atoms with E-state index in [1.54, 1.807) is 19.2 Å². The summed E-state index contributed by atoms with van der Waals surface area (Å²) in [5, 5.41) is 0. The smallest absolute Gasteiger partial charge is 0.239 e. The number of carbonyl (C=O) groups excluding carboxylic acids is 1. The minimum atomic E-state index is -0.504. The zero-order chi connectivity index (χ0) is 13.7. The third-order valence-electron chi connectivity index (χ3n) is 2.71. The summed E-state index contributed by atoms with van der Waals surface area (Å²) in [6, 6.07) is 4.17. The normalized spacial score (nSPS) is 12.3. The summed E-state index contributed by atoms with van der Waals surface area (Å²) < 4.78 is 14.3. The second kappa shape index (κ2) is 6.85. The van der Waals surface area contributed by atoms with Crippen LogP contribution >= 0.6 is 15.9 Å². The minimum absolute atomic E-state index is 0.156. The van der Waals surface area contributed by atoms with E-state index in [-0.39, 0.29) is 18.3 Å². The molecule has 1 unspecified atom stereocenters. The number of rotatable bonds is 5. The van der Waals surface area contributed by atoms with Gasteiger partial charge in [0, 0.05) is 23.6 Å². The van der Waals surface area contributed by atoms with Crippen LogP contribution in [0.4, 0.5) is 4.39 Å². The van der Waals surface area contributed by atoms with Crippen LogP contribution in [0.3, 0.4) is 0 Å². The summed E-state index contributed by atoms with van der Waals surface area (Å²) in [7, 11) is 1.64. The molecule has 1 atom stereocenters. The fourth-order valence-electron chi connectivity index (χ4n) is 1.72. The first-order chi connectivity index (χ1) is 8.45. The van der Waals surface area contributed by atoms with Crippen LogP contribution in [0.25, 0.3) is 0 Å². The van der Waals surface area contributed by atoms with E-state index in [0.29, 0.717) is 12.0 Å². The Morgan fingerprint density at radius 3 is 2.83 bits per heavy atom. The molecule has 18 heavy (non-hydrogen) atoms. The van der Waals surface area contributed by atoms with Gasteiger partial charge in [-0.3, -0.25) is 4.79 Å². The molecule has 0 radical (unpaired) electrons. The van der Waals surface area contributed by atoms with Gasteiger partial charge in [-0.1, -0.05) is 29.3 Å². The molecular formula is C13H18BrFN2O. The number of halogens is 2. The monoisotopic (exact) mass is 316 g/mol. The van der Waals surface area contributed by atoms with Crippen LogP contribution in [0, 0.1) is 5.82 Å². The van der Waals surface area contributed by atoms with Crippen molar-refractivity contribution < 1.29 is 9.18 Å². The summed E-state index contributed by atoms with van der Waals surface area (Å²) in [5.74, 6) is -0.474. The standard InChI is InChI=1S/C13H18BrFN2O/c1-3-4-12(16)13(18)17(2)8-9-7-10(14)5-6-11(9)15/h5-7,12H,3-4,8,16H2,1-2H3. The van der Waals surface area contributed by atoms with Gasteiger partial charge >= 0.3 is 0 Å². The first-order valence-corrected chi connectivity index (χ1v) is 6.69. The Bertz CT molecular complexity index is 425. The van der Waals surface area contributed by atoms with Gasteiger partial charge in [-0.15, -0.1) is 0 Å². The van der Waals surface area contributed by atoms with Crippen molar-refractivity contribution in [2.75, 3.05) is 7.05 Å². The van der Waals surface area contributed by atoms with Gasteiger partial charge < -0.3 is 10.6 Å². The Balaban J connectivity index is 2.72. The summed E-state index contributed by atoms with van der Waals surface area (Å²) in [6.07, 6.45) is 1.50. The maximum absolute atomic E-state index is 13.6. The van der Waals surface area contributed by atoms with Crippen molar-refractivity contribution >= 4 is 21.8 Å². The van der Waals surface area contributed by atoms with Crippen LogP contribution in [-0.4, -0.2) is 23.9 Å². The lowest BCUT2D eigenvalue weighted by molar-refractivity contribution is -0.132. The Hall–Kier alpha value is -0.940. The van der Waals surface area contributed by atoms with E-state index < -0.39 is 6.04 Å². The van der Waals surface area contributed by atoms with Gasteiger partial charge in [-0.25, -0.2) is 4.39 Å². The van der Waals surface area contributed by atoms with E-state index in [9.17, 15) is 9.18 Å². The summed E-state index contributed by atoms with van der Waals surface area (Å²) >= 11 is 3.28. The molecule has 0 fully saturated rings. The first-order valence-electron chi connectivity index (χ1n) is 5.90. The fourth-order valence-corrected chi connectivity index (χ4v) is 2.12. The number of nitrogens with zero attached hydrogens (tertiary/aromatic N) is 1. The van der Waals surface area contributed by atoms with E-state index in [2.05, 4.69) is 15.9 Å². The van der Waals surface area contributed by atoms with Crippen molar-refractivity contribution in [3.63, 3.8) is 0 Å². The summed E-state index contributed by atoms with van der Waals surface area (Å²) in [5.41, 5.74) is 6.23. The zero-order valence-electron chi connectivity index (χ0n) is 10.6. The quantitative estimate of drug-likeness (QED) is 0.907. The molecule has 0 aliphatic rings. The van der Waals surface area contributed by atoms with E-state index >= 15 is 0 Å². The lowest BCUT2D eigenvalue weighted by Gasteiger charge is -2.21. The highest BCUT2D eigenvalue weighted by molar-refractivity contribution is 9.10. The van der Waals surface area contributed by atoms with Gasteiger partial charge in [-0.05, 0) is 24.6 Å². The predicted octanol–water partition coefficient (Wildman–Crippen LogP) is 2.67. The van der Waals surface area contributed by atoms with Crippen LogP contribution < -0.4 is 5.73 Å². The van der Waals surface area contributed by atoms with Crippen LogP contribution in [0.1, 0.15) is 25.3 Å². The van der Waals surface area contributed by atoms with E-state index in [1.165, 1.54) is 11.0 Å². The molecule has 0 bridgehead atoms. The van der Waals surface area contributed by atoms with Gasteiger partial charge in [0.1, 0.15) is 5.82 Å². The van der Waals surface area contributed by atoms with Crippen molar-refractivity contribution in [1.29, 1.82) is 0 Å². The Morgan fingerprint density at radius 1 is 1.56 bits per heavy atom. The molecule has 2 N–H and O–H groups in total. The van der Waals surface area contributed by atoms with E-state index in [4.69, 9.17) is 5.73 Å². The molecule has 0 spiro atoms. The molecule has 0 saturated heterocycles. The SMILES string of the molecule is CCCC(N)C(=O)N(C)Cc1cc(Br)ccc1F. The largest absolute Gasteiger partial charge is 0.340 e. The van der Waals surface area contributed by atoms with Gasteiger partial charge in [0.15, 0.2) is 0 Å². The van der Waals surface area contributed by atoms with Crippen molar-refractivity contribution in [3.8, 4) is 0 Å².